The fraction of sp³-hybridized carbons (Fsp3) is 0.316. The maximum Gasteiger partial charge on any atom is 0.273 e. The van der Waals surface area contributed by atoms with E-state index in [1.54, 1.807) is 13.0 Å². The Labute approximate surface area is 147 Å². The van der Waals surface area contributed by atoms with Crippen molar-refractivity contribution in [1.29, 1.82) is 0 Å². The number of hydrogen-bond donors (Lipinski definition) is 1. The van der Waals surface area contributed by atoms with Crippen LogP contribution in [0.2, 0.25) is 0 Å². The Morgan fingerprint density at radius 1 is 1.20 bits per heavy atom. The minimum Gasteiger partial charge on any atom is -0.366 e. The molecule has 1 atom stereocenters. The van der Waals surface area contributed by atoms with Gasteiger partial charge in [-0.2, -0.15) is 0 Å². The maximum absolute atomic E-state index is 13.1. The van der Waals surface area contributed by atoms with Gasteiger partial charge in [0, 0.05) is 25.8 Å². The summed E-state index contributed by atoms with van der Waals surface area (Å²) in [5.41, 5.74) is 7.77. The number of piperazine rings is 1. The number of rotatable bonds is 3. The zero-order chi connectivity index (χ0) is 18.0. The molecule has 130 valence electrons. The summed E-state index contributed by atoms with van der Waals surface area (Å²) in [7, 11) is 2.06. The number of amides is 2. The Hall–Kier alpha value is -2.73. The minimum absolute atomic E-state index is 0.0228. The van der Waals surface area contributed by atoms with E-state index in [9.17, 15) is 9.59 Å². The van der Waals surface area contributed by atoms with E-state index in [-0.39, 0.29) is 11.9 Å². The van der Waals surface area contributed by atoms with Gasteiger partial charge in [-0.3, -0.25) is 14.6 Å². The third-order valence-electron chi connectivity index (χ3n) is 4.62. The number of pyridine rings is 1. The summed E-state index contributed by atoms with van der Waals surface area (Å²) in [4.78, 5) is 32.7. The first-order valence-corrected chi connectivity index (χ1v) is 8.28. The van der Waals surface area contributed by atoms with Crippen molar-refractivity contribution < 1.29 is 9.59 Å². The van der Waals surface area contributed by atoms with Gasteiger partial charge in [0.25, 0.3) is 11.8 Å². The molecule has 0 aliphatic carbocycles. The lowest BCUT2D eigenvalue weighted by atomic mass is 10.0. The molecule has 25 heavy (non-hydrogen) atoms. The number of aromatic nitrogens is 1. The molecule has 6 nitrogen and oxygen atoms in total. The third kappa shape index (κ3) is 3.53. The van der Waals surface area contributed by atoms with Crippen LogP contribution in [0.25, 0.3) is 0 Å². The zero-order valence-electron chi connectivity index (χ0n) is 14.5. The normalized spacial score (nSPS) is 18.2. The first-order chi connectivity index (χ1) is 12.0. The quantitative estimate of drug-likeness (QED) is 0.922. The van der Waals surface area contributed by atoms with Crippen molar-refractivity contribution in [3.05, 3.63) is 65.0 Å². The highest BCUT2D eigenvalue weighted by molar-refractivity contribution is 5.97. The second-order valence-electron chi connectivity index (χ2n) is 6.44. The smallest absolute Gasteiger partial charge is 0.273 e. The van der Waals surface area contributed by atoms with E-state index in [4.69, 9.17) is 5.73 Å². The van der Waals surface area contributed by atoms with Crippen molar-refractivity contribution in [2.45, 2.75) is 13.0 Å². The highest BCUT2D eigenvalue weighted by Gasteiger charge is 2.31. The monoisotopic (exact) mass is 338 g/mol. The predicted octanol–water partition coefficient (Wildman–Crippen LogP) is 1.62. The molecule has 1 aromatic heterocycles. The number of nitrogens with zero attached hydrogens (tertiary/aromatic N) is 3. The Morgan fingerprint density at radius 2 is 1.92 bits per heavy atom. The molecule has 2 N–H and O–H groups in total. The van der Waals surface area contributed by atoms with E-state index in [0.717, 1.165) is 18.7 Å². The molecule has 0 saturated carbocycles. The Balaban J connectivity index is 1.91. The summed E-state index contributed by atoms with van der Waals surface area (Å²) in [5, 5.41) is 0. The molecule has 6 heteroatoms. The van der Waals surface area contributed by atoms with Crippen LogP contribution >= 0.6 is 0 Å². The van der Waals surface area contributed by atoms with Gasteiger partial charge >= 0.3 is 0 Å². The molecular formula is C19H22N4O2. The lowest BCUT2D eigenvalue weighted by Crippen LogP contribution is -2.49. The summed E-state index contributed by atoms with van der Waals surface area (Å²) >= 11 is 0. The predicted molar refractivity (Wildman–Crippen MR) is 95.2 cm³/mol. The Kier molecular flexibility index (Phi) is 4.81. The summed E-state index contributed by atoms with van der Waals surface area (Å²) < 4.78 is 0. The van der Waals surface area contributed by atoms with Gasteiger partial charge in [-0.15, -0.1) is 0 Å². The van der Waals surface area contributed by atoms with Gasteiger partial charge in [-0.1, -0.05) is 30.3 Å². The summed E-state index contributed by atoms with van der Waals surface area (Å²) in [6, 6.07) is 11.6. The highest BCUT2D eigenvalue weighted by Crippen LogP contribution is 2.26. The maximum atomic E-state index is 13.1. The van der Waals surface area contributed by atoms with Crippen molar-refractivity contribution in [1.82, 2.24) is 14.8 Å². The topological polar surface area (TPSA) is 79.5 Å². The number of benzene rings is 1. The van der Waals surface area contributed by atoms with Gasteiger partial charge in [-0.05, 0) is 31.2 Å². The molecule has 0 spiro atoms. The van der Waals surface area contributed by atoms with Gasteiger partial charge < -0.3 is 15.5 Å². The summed E-state index contributed by atoms with van der Waals surface area (Å²) in [6.07, 6.45) is 1.39. The Bertz CT molecular complexity index is 791. The van der Waals surface area contributed by atoms with E-state index in [2.05, 4.69) is 16.9 Å². The fourth-order valence-electron chi connectivity index (χ4n) is 3.20. The van der Waals surface area contributed by atoms with Crippen LogP contribution in [0.4, 0.5) is 0 Å². The average Bonchev–Trinajstić information content (AvgIpc) is 2.61. The number of primary amides is 1. The molecule has 1 aliphatic heterocycles. The fourth-order valence-corrected chi connectivity index (χ4v) is 3.20. The van der Waals surface area contributed by atoms with E-state index < -0.39 is 5.91 Å². The third-order valence-corrected chi connectivity index (χ3v) is 4.62. The molecule has 3 rings (SSSR count). The number of aryl methyl sites for hydroxylation is 1. The van der Waals surface area contributed by atoms with Crippen molar-refractivity contribution in [2.75, 3.05) is 26.7 Å². The number of nitrogens with two attached hydrogens (primary N) is 1. The molecule has 1 aliphatic rings. The molecule has 1 unspecified atom stereocenters. The van der Waals surface area contributed by atoms with Gasteiger partial charge in [-0.25, -0.2) is 0 Å². The molecule has 1 fully saturated rings. The number of carbonyl (C=O) groups excluding carboxylic acids is 2. The second kappa shape index (κ2) is 7.03. The van der Waals surface area contributed by atoms with Crippen LogP contribution < -0.4 is 5.73 Å². The lowest BCUT2D eigenvalue weighted by Gasteiger charge is -2.40. The minimum atomic E-state index is -0.536. The van der Waals surface area contributed by atoms with Crippen LogP contribution in [-0.2, 0) is 0 Å². The molecular weight excluding hydrogens is 316 g/mol. The van der Waals surface area contributed by atoms with E-state index in [1.165, 1.54) is 6.20 Å². The zero-order valence-corrected chi connectivity index (χ0v) is 14.5. The largest absolute Gasteiger partial charge is 0.366 e. The van der Waals surface area contributed by atoms with E-state index in [1.807, 2.05) is 35.2 Å². The first kappa shape index (κ1) is 17.1. The molecule has 1 saturated heterocycles. The molecule has 0 bridgehead atoms. The van der Waals surface area contributed by atoms with Crippen LogP contribution in [0.5, 0.6) is 0 Å². The molecule has 1 aromatic carbocycles. The van der Waals surface area contributed by atoms with Crippen molar-refractivity contribution in [3.63, 3.8) is 0 Å². The number of likely N-dealkylation sites (N-methyl/N-ethyl adjacent to an activating group) is 1. The molecule has 2 aromatic rings. The summed E-state index contributed by atoms with van der Waals surface area (Å²) in [6.45, 7) is 3.98. The second-order valence-corrected chi connectivity index (χ2v) is 6.44. The SMILES string of the molecule is Cc1cc(C(=O)N2CCN(C)CC2c2ccccc2)ncc1C(N)=O. The van der Waals surface area contributed by atoms with Gasteiger partial charge in [0.15, 0.2) is 0 Å². The standard InChI is InChI=1S/C19H22N4O2/c1-13-10-16(21-11-15(13)18(20)24)19(25)23-9-8-22(2)12-17(23)14-6-4-3-5-7-14/h3-7,10-11,17H,8-9,12H2,1-2H3,(H2,20,24). The first-order valence-electron chi connectivity index (χ1n) is 8.28. The van der Waals surface area contributed by atoms with Crippen molar-refractivity contribution in [2.24, 2.45) is 5.73 Å². The van der Waals surface area contributed by atoms with Crippen LogP contribution in [0.1, 0.15) is 38.0 Å². The van der Waals surface area contributed by atoms with Crippen LogP contribution in [0.3, 0.4) is 0 Å². The number of carbonyl (C=O) groups is 2. The van der Waals surface area contributed by atoms with Crippen LogP contribution in [0.15, 0.2) is 42.6 Å². The molecule has 2 amide bonds. The van der Waals surface area contributed by atoms with Crippen molar-refractivity contribution >= 4 is 11.8 Å². The average molecular weight is 338 g/mol. The van der Waals surface area contributed by atoms with Crippen LogP contribution in [0, 0.1) is 6.92 Å². The molecule has 0 radical (unpaired) electrons. The highest BCUT2D eigenvalue weighted by atomic mass is 16.2. The van der Waals surface area contributed by atoms with E-state index in [0.29, 0.717) is 23.4 Å². The van der Waals surface area contributed by atoms with Crippen molar-refractivity contribution in [3.8, 4) is 0 Å². The van der Waals surface area contributed by atoms with Gasteiger partial charge in [0.2, 0.25) is 0 Å². The molecule has 2 heterocycles. The lowest BCUT2D eigenvalue weighted by molar-refractivity contribution is 0.0492. The number of hydrogen-bond acceptors (Lipinski definition) is 4. The van der Waals surface area contributed by atoms with Crippen LogP contribution in [-0.4, -0.2) is 53.3 Å². The van der Waals surface area contributed by atoms with Gasteiger partial charge in [0.05, 0.1) is 11.6 Å². The summed E-state index contributed by atoms with van der Waals surface area (Å²) in [5.74, 6) is -0.660. The Morgan fingerprint density at radius 3 is 2.56 bits per heavy atom. The van der Waals surface area contributed by atoms with Gasteiger partial charge in [0.1, 0.15) is 5.69 Å². The van der Waals surface area contributed by atoms with E-state index >= 15 is 0 Å².